The number of nitrogens with one attached hydrogen (secondary N) is 1. The number of hydrogen-bond donors (Lipinski definition) is 2. The van der Waals surface area contributed by atoms with Gasteiger partial charge >= 0.3 is 0 Å². The van der Waals surface area contributed by atoms with Gasteiger partial charge < -0.3 is 15.0 Å². The number of rotatable bonds is 5. The summed E-state index contributed by atoms with van der Waals surface area (Å²) in [5, 5.41) is 12.1. The summed E-state index contributed by atoms with van der Waals surface area (Å²) in [4.78, 5) is 22.8. The Hall–Kier alpha value is -1.62. The number of amides is 1. The Bertz CT molecular complexity index is 440. The zero-order chi connectivity index (χ0) is 12.8. The van der Waals surface area contributed by atoms with Gasteiger partial charge in [0.15, 0.2) is 0 Å². The number of carbonyl (C=O) groups excluding carboxylic acids is 1. The Morgan fingerprint density at radius 2 is 2.24 bits per heavy atom. The molecule has 1 atom stereocenters. The van der Waals surface area contributed by atoms with Gasteiger partial charge in [-0.3, -0.25) is 9.59 Å². The fourth-order valence-corrected chi connectivity index (χ4v) is 1.48. The van der Waals surface area contributed by atoms with Crippen LogP contribution in [0, 0.1) is 0 Å². The number of nitrogens with zero attached hydrogens (tertiary/aromatic N) is 1. The van der Waals surface area contributed by atoms with E-state index in [0.29, 0.717) is 12.0 Å². The van der Waals surface area contributed by atoms with Gasteiger partial charge in [-0.25, -0.2) is 0 Å². The first-order valence-electron chi connectivity index (χ1n) is 5.67. The molecule has 0 spiro atoms. The zero-order valence-corrected chi connectivity index (χ0v) is 10.1. The van der Waals surface area contributed by atoms with Crippen molar-refractivity contribution in [3.63, 3.8) is 0 Å². The first-order chi connectivity index (χ1) is 8.04. The maximum absolute atomic E-state index is 11.7. The molecule has 5 nitrogen and oxygen atoms in total. The zero-order valence-electron chi connectivity index (χ0n) is 10.1. The predicted octanol–water partition coefficient (Wildman–Crippen LogP) is 0.276. The molecule has 0 aliphatic carbocycles. The minimum absolute atomic E-state index is 0.160. The summed E-state index contributed by atoms with van der Waals surface area (Å²) in [6.07, 6.45) is 2.49. The molecule has 0 fully saturated rings. The van der Waals surface area contributed by atoms with Gasteiger partial charge in [0.25, 0.3) is 5.91 Å². The second-order valence-electron chi connectivity index (χ2n) is 4.02. The van der Waals surface area contributed by atoms with Crippen LogP contribution in [0.4, 0.5) is 0 Å². The first-order valence-corrected chi connectivity index (χ1v) is 5.67. The maximum Gasteiger partial charge on any atom is 0.252 e. The van der Waals surface area contributed by atoms with Crippen molar-refractivity contribution >= 4 is 5.91 Å². The first kappa shape index (κ1) is 13.4. The monoisotopic (exact) mass is 238 g/mol. The molecule has 0 aliphatic rings. The second-order valence-corrected chi connectivity index (χ2v) is 4.02. The predicted molar refractivity (Wildman–Crippen MR) is 64.9 cm³/mol. The Morgan fingerprint density at radius 1 is 1.53 bits per heavy atom. The molecule has 17 heavy (non-hydrogen) atoms. The van der Waals surface area contributed by atoms with Crippen molar-refractivity contribution < 1.29 is 9.90 Å². The van der Waals surface area contributed by atoms with E-state index >= 15 is 0 Å². The van der Waals surface area contributed by atoms with Gasteiger partial charge in [0.2, 0.25) is 5.56 Å². The van der Waals surface area contributed by atoms with Gasteiger partial charge in [0, 0.05) is 25.9 Å². The Balaban J connectivity index is 2.58. The standard InChI is InChI=1S/C12H18N2O3/c1-3-4-10(15)7-13-12(17)9-5-6-11(16)14(2)8-9/h5-6,8,10,15H,3-4,7H2,1-2H3,(H,13,17). The molecular weight excluding hydrogens is 220 g/mol. The van der Waals surface area contributed by atoms with Crippen molar-refractivity contribution in [1.29, 1.82) is 0 Å². The molecule has 1 unspecified atom stereocenters. The third-order valence-corrected chi connectivity index (χ3v) is 2.47. The van der Waals surface area contributed by atoms with E-state index in [-0.39, 0.29) is 18.0 Å². The summed E-state index contributed by atoms with van der Waals surface area (Å²) in [6, 6.07) is 2.82. The molecule has 2 N–H and O–H groups in total. The molecule has 0 saturated heterocycles. The van der Waals surface area contributed by atoms with E-state index in [2.05, 4.69) is 5.32 Å². The Morgan fingerprint density at radius 3 is 2.82 bits per heavy atom. The molecule has 1 rings (SSSR count). The summed E-state index contributed by atoms with van der Waals surface area (Å²) in [5.74, 6) is -0.282. The van der Waals surface area contributed by atoms with E-state index in [1.807, 2.05) is 6.92 Å². The molecule has 5 heteroatoms. The highest BCUT2D eigenvalue weighted by atomic mass is 16.3. The molecular formula is C12H18N2O3. The minimum Gasteiger partial charge on any atom is -0.391 e. The van der Waals surface area contributed by atoms with Crippen molar-refractivity contribution in [3.8, 4) is 0 Å². The third kappa shape index (κ3) is 4.03. The smallest absolute Gasteiger partial charge is 0.252 e. The number of hydrogen-bond acceptors (Lipinski definition) is 3. The topological polar surface area (TPSA) is 71.3 Å². The van der Waals surface area contributed by atoms with E-state index in [0.717, 1.165) is 6.42 Å². The van der Waals surface area contributed by atoms with Crippen LogP contribution in [0.5, 0.6) is 0 Å². The van der Waals surface area contributed by atoms with Crippen LogP contribution in [0.15, 0.2) is 23.1 Å². The molecule has 1 aromatic rings. The van der Waals surface area contributed by atoms with Crippen LogP contribution in [-0.4, -0.2) is 28.2 Å². The molecule has 0 radical (unpaired) electrons. The van der Waals surface area contributed by atoms with Crippen LogP contribution in [0.2, 0.25) is 0 Å². The normalized spacial score (nSPS) is 12.2. The van der Waals surface area contributed by atoms with Crippen LogP contribution in [-0.2, 0) is 7.05 Å². The lowest BCUT2D eigenvalue weighted by Crippen LogP contribution is -2.32. The van der Waals surface area contributed by atoms with E-state index in [4.69, 9.17) is 0 Å². The largest absolute Gasteiger partial charge is 0.391 e. The quantitative estimate of drug-likeness (QED) is 0.773. The lowest BCUT2D eigenvalue weighted by Gasteiger charge is -2.10. The van der Waals surface area contributed by atoms with Crippen LogP contribution >= 0.6 is 0 Å². The van der Waals surface area contributed by atoms with E-state index in [1.54, 1.807) is 7.05 Å². The third-order valence-electron chi connectivity index (χ3n) is 2.47. The van der Waals surface area contributed by atoms with Crippen LogP contribution in [0.25, 0.3) is 0 Å². The van der Waals surface area contributed by atoms with Crippen LogP contribution in [0.3, 0.4) is 0 Å². The summed E-state index contributed by atoms with van der Waals surface area (Å²) in [7, 11) is 1.59. The van der Waals surface area contributed by atoms with Gasteiger partial charge in [-0.1, -0.05) is 13.3 Å². The molecule has 0 aliphatic heterocycles. The highest BCUT2D eigenvalue weighted by Gasteiger charge is 2.08. The molecule has 0 saturated carbocycles. The summed E-state index contributed by atoms with van der Waals surface area (Å²) in [6.45, 7) is 2.20. The Kier molecular flexibility index (Phi) is 4.90. The van der Waals surface area contributed by atoms with E-state index in [1.165, 1.54) is 22.9 Å². The number of aryl methyl sites for hydroxylation is 1. The Labute approximate surface area is 100 Å². The highest BCUT2D eigenvalue weighted by molar-refractivity contribution is 5.93. The summed E-state index contributed by atoms with van der Waals surface area (Å²) in [5.41, 5.74) is 0.253. The lowest BCUT2D eigenvalue weighted by atomic mass is 10.2. The summed E-state index contributed by atoms with van der Waals surface area (Å²) < 4.78 is 1.34. The molecule has 1 aromatic heterocycles. The lowest BCUT2D eigenvalue weighted by molar-refractivity contribution is 0.0909. The fraction of sp³-hybridized carbons (Fsp3) is 0.500. The minimum atomic E-state index is -0.517. The number of aromatic nitrogens is 1. The van der Waals surface area contributed by atoms with Crippen LogP contribution in [0.1, 0.15) is 30.1 Å². The van der Waals surface area contributed by atoms with Gasteiger partial charge in [-0.15, -0.1) is 0 Å². The average Bonchev–Trinajstić information content (AvgIpc) is 2.30. The van der Waals surface area contributed by atoms with E-state index in [9.17, 15) is 14.7 Å². The number of aliphatic hydroxyl groups is 1. The van der Waals surface area contributed by atoms with Crippen molar-refractivity contribution in [2.75, 3.05) is 6.54 Å². The molecule has 1 heterocycles. The van der Waals surface area contributed by atoms with Gasteiger partial charge in [-0.05, 0) is 12.5 Å². The van der Waals surface area contributed by atoms with Gasteiger partial charge in [0.05, 0.1) is 11.7 Å². The van der Waals surface area contributed by atoms with Crippen molar-refractivity contribution in [2.45, 2.75) is 25.9 Å². The van der Waals surface area contributed by atoms with Gasteiger partial charge in [0.1, 0.15) is 0 Å². The second kappa shape index (κ2) is 6.20. The van der Waals surface area contributed by atoms with E-state index < -0.39 is 6.10 Å². The molecule has 94 valence electrons. The average molecular weight is 238 g/mol. The van der Waals surface area contributed by atoms with Gasteiger partial charge in [-0.2, -0.15) is 0 Å². The number of pyridine rings is 1. The maximum atomic E-state index is 11.7. The number of aliphatic hydroxyl groups excluding tert-OH is 1. The van der Waals surface area contributed by atoms with Crippen LogP contribution < -0.4 is 10.9 Å². The van der Waals surface area contributed by atoms with Crippen molar-refractivity contribution in [1.82, 2.24) is 9.88 Å². The molecule has 0 bridgehead atoms. The number of carbonyl (C=O) groups is 1. The summed E-state index contributed by atoms with van der Waals surface area (Å²) >= 11 is 0. The highest BCUT2D eigenvalue weighted by Crippen LogP contribution is 1.97. The fourth-order valence-electron chi connectivity index (χ4n) is 1.48. The molecule has 1 amide bonds. The SMILES string of the molecule is CCCC(O)CNC(=O)c1ccc(=O)n(C)c1. The van der Waals surface area contributed by atoms with Crippen molar-refractivity contribution in [3.05, 3.63) is 34.2 Å². The molecule has 0 aromatic carbocycles. The van der Waals surface area contributed by atoms with Crippen molar-refractivity contribution in [2.24, 2.45) is 7.05 Å².